The van der Waals surface area contributed by atoms with Gasteiger partial charge in [0.1, 0.15) is 16.9 Å². The van der Waals surface area contributed by atoms with Crippen molar-refractivity contribution in [2.24, 2.45) is 0 Å². The number of fused-ring (bicyclic) bond motifs is 7. The third kappa shape index (κ3) is 1.34. The van der Waals surface area contributed by atoms with Crippen molar-refractivity contribution in [3.05, 3.63) is 39.2 Å². The topological polar surface area (TPSA) is 65.7 Å². The van der Waals surface area contributed by atoms with Gasteiger partial charge >= 0.3 is 5.63 Å². The Bertz CT molecular complexity index is 863. The lowest BCUT2D eigenvalue weighted by atomic mass is 9.94. The quantitative estimate of drug-likeness (QED) is 0.693. The molecule has 2 atom stereocenters. The van der Waals surface area contributed by atoms with E-state index in [1.165, 1.54) is 0 Å². The van der Waals surface area contributed by atoms with Crippen LogP contribution in [0.3, 0.4) is 0 Å². The van der Waals surface area contributed by atoms with Crippen molar-refractivity contribution >= 4 is 16.8 Å². The summed E-state index contributed by atoms with van der Waals surface area (Å²) in [5.74, 6) is 0.728. The van der Waals surface area contributed by atoms with Crippen LogP contribution in [0.15, 0.2) is 21.3 Å². The summed E-state index contributed by atoms with van der Waals surface area (Å²) in [5, 5.41) is 0.866. The number of carbonyl (C=O) groups excluding carboxylic acids is 1. The molecular formula is C16H12O5. The second-order valence-electron chi connectivity index (χ2n) is 5.77. The second-order valence-corrected chi connectivity index (χ2v) is 5.77. The molecule has 5 nitrogen and oxygen atoms in total. The standard InChI is InChI=1S/C16H12O5/c17-10-3-1-7-8-2-4-11-13(9-5-6-19-16(9)20-11)14(8)21-15(18)12(7)10/h2,4,9,16H,1,3,5-6H2/t9-,16+/m0/s1. The smallest absolute Gasteiger partial charge is 0.347 e. The van der Waals surface area contributed by atoms with Crippen molar-refractivity contribution in [1.29, 1.82) is 0 Å². The van der Waals surface area contributed by atoms with E-state index < -0.39 is 5.63 Å². The molecule has 5 heteroatoms. The lowest BCUT2D eigenvalue weighted by molar-refractivity contribution is -0.0337. The maximum absolute atomic E-state index is 12.2. The molecule has 1 aliphatic carbocycles. The van der Waals surface area contributed by atoms with Gasteiger partial charge in [0.05, 0.1) is 12.5 Å². The summed E-state index contributed by atoms with van der Waals surface area (Å²) in [5.41, 5.74) is 2.05. The van der Waals surface area contributed by atoms with E-state index in [0.29, 0.717) is 25.0 Å². The Hall–Kier alpha value is -2.14. The van der Waals surface area contributed by atoms with E-state index in [1.54, 1.807) is 0 Å². The number of ketones is 1. The molecular weight excluding hydrogens is 272 g/mol. The van der Waals surface area contributed by atoms with Crippen LogP contribution in [0.2, 0.25) is 0 Å². The largest absolute Gasteiger partial charge is 0.464 e. The van der Waals surface area contributed by atoms with Gasteiger partial charge in [0.2, 0.25) is 6.29 Å². The molecule has 0 bridgehead atoms. The van der Waals surface area contributed by atoms with Crippen molar-refractivity contribution in [3.8, 4) is 5.75 Å². The van der Waals surface area contributed by atoms with Gasteiger partial charge in [0.15, 0.2) is 5.78 Å². The molecule has 2 aromatic rings. The Labute approximate surface area is 119 Å². The van der Waals surface area contributed by atoms with Gasteiger partial charge in [-0.15, -0.1) is 0 Å². The summed E-state index contributed by atoms with van der Waals surface area (Å²) >= 11 is 0. The number of carbonyl (C=O) groups is 1. The van der Waals surface area contributed by atoms with Crippen LogP contribution < -0.4 is 10.4 Å². The Balaban J connectivity index is 1.88. The molecule has 1 aromatic carbocycles. The minimum atomic E-state index is -0.518. The van der Waals surface area contributed by atoms with Gasteiger partial charge in [0, 0.05) is 17.4 Å². The summed E-state index contributed by atoms with van der Waals surface area (Å²) < 4.78 is 16.8. The molecule has 3 heterocycles. The van der Waals surface area contributed by atoms with E-state index in [4.69, 9.17) is 13.9 Å². The third-order valence-electron chi connectivity index (χ3n) is 4.72. The number of hydrogen-bond donors (Lipinski definition) is 0. The number of ether oxygens (including phenoxy) is 2. The Kier molecular flexibility index (Phi) is 2.05. The normalized spacial score (nSPS) is 25.8. The predicted molar refractivity (Wildman–Crippen MR) is 72.9 cm³/mol. The molecule has 2 aliphatic heterocycles. The average molecular weight is 284 g/mol. The first-order chi connectivity index (χ1) is 10.2. The molecule has 1 fully saturated rings. The SMILES string of the molecule is O=C1CCc2c1c(=O)oc1c3c(ccc21)O[C@H]1OCC[C@@H]31. The molecule has 1 aromatic heterocycles. The van der Waals surface area contributed by atoms with Crippen molar-refractivity contribution < 1.29 is 18.7 Å². The minimum absolute atomic E-state index is 0.112. The molecule has 0 N–H and O–H groups in total. The average Bonchev–Trinajstić information content (AvgIpc) is 3.12. The first-order valence-corrected chi connectivity index (χ1v) is 7.18. The number of Topliss-reactive ketones (excluding diaryl/α,β-unsaturated/α-hetero) is 1. The molecule has 21 heavy (non-hydrogen) atoms. The molecule has 3 aliphatic rings. The zero-order valence-electron chi connectivity index (χ0n) is 11.2. The third-order valence-corrected chi connectivity index (χ3v) is 4.72. The molecule has 0 radical (unpaired) electrons. The predicted octanol–water partition coefficient (Wildman–Crippen LogP) is 2.14. The van der Waals surface area contributed by atoms with Gasteiger partial charge in [-0.2, -0.15) is 0 Å². The number of hydrogen-bond acceptors (Lipinski definition) is 5. The van der Waals surface area contributed by atoms with Gasteiger partial charge in [-0.05, 0) is 30.5 Å². The molecule has 106 valence electrons. The van der Waals surface area contributed by atoms with Crippen LogP contribution in [-0.4, -0.2) is 18.7 Å². The summed E-state index contributed by atoms with van der Waals surface area (Å²) in [6.45, 7) is 0.652. The summed E-state index contributed by atoms with van der Waals surface area (Å²) in [4.78, 5) is 24.0. The maximum atomic E-state index is 12.2. The lowest BCUT2D eigenvalue weighted by Crippen LogP contribution is -2.14. The van der Waals surface area contributed by atoms with Gasteiger partial charge in [-0.25, -0.2) is 4.79 Å². The van der Waals surface area contributed by atoms with E-state index in [1.807, 2.05) is 12.1 Å². The summed E-state index contributed by atoms with van der Waals surface area (Å²) in [6, 6.07) is 3.78. The zero-order chi connectivity index (χ0) is 14.1. The second kappa shape index (κ2) is 3.74. The molecule has 0 saturated carbocycles. The Morgan fingerprint density at radius 1 is 1.14 bits per heavy atom. The molecule has 1 saturated heterocycles. The van der Waals surface area contributed by atoms with Gasteiger partial charge in [0.25, 0.3) is 0 Å². The molecule has 5 rings (SSSR count). The lowest BCUT2D eigenvalue weighted by Gasteiger charge is -2.08. The van der Waals surface area contributed by atoms with Crippen LogP contribution in [0.1, 0.15) is 40.2 Å². The summed E-state index contributed by atoms with van der Waals surface area (Å²) in [6.07, 6.45) is 1.59. The van der Waals surface area contributed by atoms with E-state index in [9.17, 15) is 9.59 Å². The summed E-state index contributed by atoms with van der Waals surface area (Å²) in [7, 11) is 0. The van der Waals surface area contributed by atoms with Crippen molar-refractivity contribution in [1.82, 2.24) is 0 Å². The van der Waals surface area contributed by atoms with Crippen molar-refractivity contribution in [2.45, 2.75) is 31.5 Å². The van der Waals surface area contributed by atoms with Crippen LogP contribution in [-0.2, 0) is 11.2 Å². The van der Waals surface area contributed by atoms with Crippen LogP contribution >= 0.6 is 0 Å². The van der Waals surface area contributed by atoms with E-state index in [-0.39, 0.29) is 23.6 Å². The highest BCUT2D eigenvalue weighted by molar-refractivity contribution is 6.04. The number of rotatable bonds is 0. The number of aryl methyl sites for hydroxylation is 1. The fraction of sp³-hybridized carbons (Fsp3) is 0.375. The van der Waals surface area contributed by atoms with Crippen LogP contribution in [0.5, 0.6) is 5.75 Å². The highest BCUT2D eigenvalue weighted by atomic mass is 16.7. The Morgan fingerprint density at radius 2 is 2.05 bits per heavy atom. The highest BCUT2D eigenvalue weighted by Crippen LogP contribution is 2.48. The fourth-order valence-corrected chi connectivity index (χ4v) is 3.77. The maximum Gasteiger partial charge on any atom is 0.347 e. The van der Waals surface area contributed by atoms with Crippen LogP contribution in [0.25, 0.3) is 11.0 Å². The van der Waals surface area contributed by atoms with Crippen LogP contribution in [0, 0.1) is 0 Å². The Morgan fingerprint density at radius 3 is 2.95 bits per heavy atom. The van der Waals surface area contributed by atoms with Gasteiger partial charge in [-0.1, -0.05) is 0 Å². The van der Waals surface area contributed by atoms with Crippen molar-refractivity contribution in [2.75, 3.05) is 6.61 Å². The minimum Gasteiger partial charge on any atom is -0.464 e. The molecule has 0 spiro atoms. The zero-order valence-corrected chi connectivity index (χ0v) is 11.2. The molecule has 0 unspecified atom stereocenters. The highest BCUT2D eigenvalue weighted by Gasteiger charge is 2.42. The number of benzene rings is 1. The molecule has 0 amide bonds. The first-order valence-electron chi connectivity index (χ1n) is 7.18. The monoisotopic (exact) mass is 284 g/mol. The van der Waals surface area contributed by atoms with E-state index >= 15 is 0 Å². The van der Waals surface area contributed by atoms with Gasteiger partial charge in [-0.3, -0.25) is 4.79 Å². The van der Waals surface area contributed by atoms with Crippen LogP contribution in [0.4, 0.5) is 0 Å². The van der Waals surface area contributed by atoms with Crippen molar-refractivity contribution in [3.63, 3.8) is 0 Å². The van der Waals surface area contributed by atoms with Gasteiger partial charge < -0.3 is 13.9 Å². The first kappa shape index (κ1) is 11.5. The van der Waals surface area contributed by atoms with E-state index in [0.717, 1.165) is 28.7 Å². The van der Waals surface area contributed by atoms with E-state index in [2.05, 4.69) is 0 Å². The fourth-order valence-electron chi connectivity index (χ4n) is 3.77.